The zero-order valence-corrected chi connectivity index (χ0v) is 16.7. The number of morpholine rings is 1. The Morgan fingerprint density at radius 1 is 1.17 bits per heavy atom. The van der Waals surface area contributed by atoms with Gasteiger partial charge in [-0.05, 0) is 31.5 Å². The molecule has 0 N–H and O–H groups in total. The number of halogens is 2. The van der Waals surface area contributed by atoms with Crippen LogP contribution in [-0.2, 0) is 11.3 Å². The maximum absolute atomic E-state index is 14.0. The second-order valence-corrected chi connectivity index (χ2v) is 7.69. The van der Waals surface area contributed by atoms with Crippen LogP contribution in [0, 0.1) is 11.6 Å². The quantitative estimate of drug-likeness (QED) is 0.765. The predicted octanol–water partition coefficient (Wildman–Crippen LogP) is 2.69. The van der Waals surface area contributed by atoms with Crippen molar-refractivity contribution in [3.63, 3.8) is 0 Å². The van der Waals surface area contributed by atoms with Crippen molar-refractivity contribution in [2.45, 2.75) is 25.4 Å². The van der Waals surface area contributed by atoms with E-state index in [2.05, 4.69) is 19.7 Å². The van der Waals surface area contributed by atoms with Crippen LogP contribution in [0.5, 0.6) is 0 Å². The average Bonchev–Trinajstić information content (AvgIpc) is 2.76. The molecule has 156 valence electrons. The van der Waals surface area contributed by atoms with Gasteiger partial charge >= 0.3 is 0 Å². The smallest absolute Gasteiger partial charge is 0.227 e. The summed E-state index contributed by atoms with van der Waals surface area (Å²) < 4.78 is 32.6. The molecule has 2 aliphatic heterocycles. The van der Waals surface area contributed by atoms with Crippen molar-refractivity contribution in [1.29, 1.82) is 0 Å². The largest absolute Gasteiger partial charge is 0.378 e. The average molecular weight is 403 g/mol. The van der Waals surface area contributed by atoms with Gasteiger partial charge in [0, 0.05) is 57.1 Å². The summed E-state index contributed by atoms with van der Waals surface area (Å²) in [5, 5.41) is 0. The maximum Gasteiger partial charge on any atom is 0.227 e. The monoisotopic (exact) mass is 403 g/mol. The maximum atomic E-state index is 14.0. The van der Waals surface area contributed by atoms with Crippen molar-refractivity contribution in [2.24, 2.45) is 0 Å². The van der Waals surface area contributed by atoms with Crippen LogP contribution in [0.3, 0.4) is 0 Å². The van der Waals surface area contributed by atoms with Crippen molar-refractivity contribution in [1.82, 2.24) is 14.9 Å². The molecule has 6 nitrogen and oxygen atoms in total. The number of piperidine rings is 1. The summed E-state index contributed by atoms with van der Waals surface area (Å²) in [5.74, 6) is 0.599. The van der Waals surface area contributed by atoms with Gasteiger partial charge in [0.1, 0.15) is 17.5 Å². The number of likely N-dealkylation sites (tertiary alicyclic amines) is 1. The summed E-state index contributed by atoms with van der Waals surface area (Å²) in [6, 6.07) is 5.98. The summed E-state index contributed by atoms with van der Waals surface area (Å²) in [5.41, 5.74) is 0.528. The van der Waals surface area contributed by atoms with E-state index < -0.39 is 11.6 Å². The van der Waals surface area contributed by atoms with Gasteiger partial charge in [-0.1, -0.05) is 6.07 Å². The Kier molecular flexibility index (Phi) is 6.20. The molecule has 0 spiro atoms. The molecule has 1 unspecified atom stereocenters. The Morgan fingerprint density at radius 2 is 2.00 bits per heavy atom. The van der Waals surface area contributed by atoms with Crippen LogP contribution < -0.4 is 9.80 Å². The van der Waals surface area contributed by atoms with Crippen LogP contribution in [0.2, 0.25) is 0 Å². The van der Waals surface area contributed by atoms with Gasteiger partial charge in [0.25, 0.3) is 0 Å². The van der Waals surface area contributed by atoms with Crippen molar-refractivity contribution in [3.8, 4) is 0 Å². The summed E-state index contributed by atoms with van der Waals surface area (Å²) in [6.45, 7) is 5.26. The van der Waals surface area contributed by atoms with Gasteiger partial charge in [0.05, 0.1) is 13.2 Å². The van der Waals surface area contributed by atoms with Gasteiger partial charge in [0.2, 0.25) is 5.95 Å². The number of benzene rings is 1. The van der Waals surface area contributed by atoms with Crippen LogP contribution in [0.4, 0.5) is 20.5 Å². The van der Waals surface area contributed by atoms with Crippen LogP contribution >= 0.6 is 0 Å². The molecule has 0 radical (unpaired) electrons. The third kappa shape index (κ3) is 4.82. The van der Waals surface area contributed by atoms with Gasteiger partial charge in [-0.3, -0.25) is 4.90 Å². The van der Waals surface area contributed by atoms with E-state index >= 15 is 0 Å². The first-order valence-electron chi connectivity index (χ1n) is 10.1. The number of ether oxygens (including phenoxy) is 1. The zero-order chi connectivity index (χ0) is 20.2. The van der Waals surface area contributed by atoms with Gasteiger partial charge in [-0.15, -0.1) is 0 Å². The topological polar surface area (TPSA) is 44.7 Å². The number of likely N-dealkylation sites (N-methyl/N-ethyl adjacent to an activating group) is 1. The molecule has 2 aliphatic rings. The van der Waals surface area contributed by atoms with E-state index in [-0.39, 0.29) is 6.04 Å². The molecule has 4 rings (SSSR count). The molecule has 0 amide bonds. The van der Waals surface area contributed by atoms with Crippen LogP contribution in [-0.4, -0.2) is 67.4 Å². The highest BCUT2D eigenvalue weighted by Crippen LogP contribution is 2.23. The van der Waals surface area contributed by atoms with Crippen molar-refractivity contribution >= 4 is 11.8 Å². The fourth-order valence-corrected chi connectivity index (χ4v) is 4.02. The van der Waals surface area contributed by atoms with Crippen molar-refractivity contribution in [2.75, 3.05) is 56.2 Å². The molecule has 0 bridgehead atoms. The Bertz CT molecular complexity index is 830. The molecule has 3 heterocycles. The minimum Gasteiger partial charge on any atom is -0.378 e. The lowest BCUT2D eigenvalue weighted by Crippen LogP contribution is -2.47. The molecule has 29 heavy (non-hydrogen) atoms. The normalized spacial score (nSPS) is 20.7. The van der Waals surface area contributed by atoms with E-state index in [0.717, 1.165) is 50.9 Å². The third-order valence-electron chi connectivity index (χ3n) is 5.72. The van der Waals surface area contributed by atoms with Gasteiger partial charge in [0.15, 0.2) is 0 Å². The lowest BCUT2D eigenvalue weighted by Gasteiger charge is -2.38. The highest BCUT2D eigenvalue weighted by Gasteiger charge is 2.26. The molecule has 1 atom stereocenters. The predicted molar refractivity (Wildman–Crippen MR) is 108 cm³/mol. The summed E-state index contributed by atoms with van der Waals surface area (Å²) >= 11 is 0. The number of anilines is 2. The molecule has 2 fully saturated rings. The standard InChI is InChI=1S/C21H27F2N5O/c1-26(21-24-7-6-20(25-21)28-9-11-29-12-10-28)18-3-2-8-27(15-18)14-16-4-5-17(22)13-19(16)23/h4-7,13,18H,2-3,8-12,14-15H2,1H3. The van der Waals surface area contributed by atoms with Crippen LogP contribution in [0.15, 0.2) is 30.5 Å². The highest BCUT2D eigenvalue weighted by atomic mass is 19.1. The van der Waals surface area contributed by atoms with Gasteiger partial charge in [-0.25, -0.2) is 13.8 Å². The Balaban J connectivity index is 1.42. The lowest BCUT2D eigenvalue weighted by atomic mass is 10.0. The van der Waals surface area contributed by atoms with Crippen LogP contribution in [0.1, 0.15) is 18.4 Å². The second kappa shape index (κ2) is 9.00. The Labute approximate surface area is 170 Å². The van der Waals surface area contributed by atoms with Crippen molar-refractivity contribution in [3.05, 3.63) is 47.7 Å². The fraction of sp³-hybridized carbons (Fsp3) is 0.524. The van der Waals surface area contributed by atoms with Gasteiger partial charge < -0.3 is 14.5 Å². The van der Waals surface area contributed by atoms with E-state index in [1.807, 2.05) is 13.1 Å². The molecule has 8 heteroatoms. The second-order valence-electron chi connectivity index (χ2n) is 7.69. The van der Waals surface area contributed by atoms with E-state index in [1.54, 1.807) is 6.20 Å². The van der Waals surface area contributed by atoms with Crippen LogP contribution in [0.25, 0.3) is 0 Å². The molecule has 2 saturated heterocycles. The molecule has 2 aromatic rings. The van der Waals surface area contributed by atoms with E-state index in [9.17, 15) is 8.78 Å². The first-order valence-corrected chi connectivity index (χ1v) is 10.1. The first-order chi connectivity index (χ1) is 14.1. The van der Waals surface area contributed by atoms with E-state index in [0.29, 0.717) is 31.3 Å². The Hall–Kier alpha value is -2.32. The summed E-state index contributed by atoms with van der Waals surface area (Å²) in [4.78, 5) is 15.8. The van der Waals surface area contributed by atoms with Gasteiger partial charge in [-0.2, -0.15) is 4.98 Å². The number of aromatic nitrogens is 2. The molecule has 1 aromatic carbocycles. The molecule has 0 saturated carbocycles. The summed E-state index contributed by atoms with van der Waals surface area (Å²) in [7, 11) is 2.02. The Morgan fingerprint density at radius 3 is 2.79 bits per heavy atom. The third-order valence-corrected chi connectivity index (χ3v) is 5.72. The number of hydrogen-bond acceptors (Lipinski definition) is 6. The highest BCUT2D eigenvalue weighted by molar-refractivity contribution is 5.44. The number of nitrogens with zero attached hydrogens (tertiary/aromatic N) is 5. The van der Waals surface area contributed by atoms with E-state index in [4.69, 9.17) is 9.72 Å². The zero-order valence-electron chi connectivity index (χ0n) is 16.7. The molecular formula is C21H27F2N5O. The van der Waals surface area contributed by atoms with Crippen molar-refractivity contribution < 1.29 is 13.5 Å². The fourth-order valence-electron chi connectivity index (χ4n) is 4.02. The minimum absolute atomic E-state index is 0.243. The number of hydrogen-bond donors (Lipinski definition) is 0. The molecule has 1 aromatic heterocycles. The first kappa shape index (κ1) is 20.0. The lowest BCUT2D eigenvalue weighted by molar-refractivity contribution is 0.122. The molecule has 0 aliphatic carbocycles. The number of rotatable bonds is 5. The molecular weight excluding hydrogens is 376 g/mol. The van der Waals surface area contributed by atoms with E-state index in [1.165, 1.54) is 12.1 Å². The minimum atomic E-state index is -0.542. The SMILES string of the molecule is CN(c1nccc(N2CCOCC2)n1)C1CCCN(Cc2ccc(F)cc2F)C1. The summed E-state index contributed by atoms with van der Waals surface area (Å²) in [6.07, 6.45) is 3.85.